The summed E-state index contributed by atoms with van der Waals surface area (Å²) in [6.07, 6.45) is 5.83. The van der Waals surface area contributed by atoms with Crippen molar-refractivity contribution < 1.29 is 48.8 Å². The predicted molar refractivity (Wildman–Crippen MR) is 197 cm³/mol. The first-order valence-corrected chi connectivity index (χ1v) is 19.5. The van der Waals surface area contributed by atoms with Gasteiger partial charge >= 0.3 is 0 Å². The minimum atomic E-state index is -1.24. The van der Waals surface area contributed by atoms with Gasteiger partial charge in [-0.2, -0.15) is 0 Å². The molecular formula is C42H54N2O10. The van der Waals surface area contributed by atoms with E-state index in [0.717, 1.165) is 47.9 Å². The number of ether oxygens (including phenoxy) is 2. The number of quaternary nitrogens is 2. The maximum atomic E-state index is 13.9. The molecule has 12 nitrogen and oxygen atoms in total. The molecule has 4 N–H and O–H groups in total. The topological polar surface area (TPSA) is 180 Å². The largest absolute Gasteiger partial charge is 0.632 e. The summed E-state index contributed by atoms with van der Waals surface area (Å²) in [4.78, 5) is 25.4. The number of hydrogen-bond donors (Lipinski definition) is 4. The molecule has 54 heavy (non-hydrogen) atoms. The van der Waals surface area contributed by atoms with Gasteiger partial charge in [0.15, 0.2) is 46.8 Å². The minimum Gasteiger partial charge on any atom is -0.632 e. The number of carbonyl (C=O) groups excluding carboxylic acids is 2. The first-order valence-electron chi connectivity index (χ1n) is 19.5. The lowest BCUT2D eigenvalue weighted by molar-refractivity contribution is -0.924. The molecule has 6 aliphatic carbocycles. The van der Waals surface area contributed by atoms with E-state index in [9.17, 15) is 40.4 Å². The summed E-state index contributed by atoms with van der Waals surface area (Å²) in [5.41, 5.74) is -0.718. The van der Waals surface area contributed by atoms with Gasteiger partial charge in [0.25, 0.3) is 0 Å². The Balaban J connectivity index is 0.000000137. The molecule has 4 heterocycles. The average Bonchev–Trinajstić information content (AvgIpc) is 4.03. The van der Waals surface area contributed by atoms with Crippen molar-refractivity contribution in [1.82, 2.24) is 0 Å². The fourth-order valence-corrected chi connectivity index (χ4v) is 13.1. The Morgan fingerprint density at radius 2 is 1.04 bits per heavy atom. The van der Waals surface area contributed by atoms with Gasteiger partial charge in [0, 0.05) is 61.5 Å². The highest BCUT2D eigenvalue weighted by molar-refractivity contribution is 5.90. The smallest absolute Gasteiger partial charge is 0.174 e. The van der Waals surface area contributed by atoms with E-state index in [-0.39, 0.29) is 60.1 Å². The molecule has 0 amide bonds. The molecule has 12 heteroatoms. The molecule has 6 fully saturated rings. The van der Waals surface area contributed by atoms with Crippen LogP contribution in [0.3, 0.4) is 0 Å². The third-order valence-corrected chi connectivity index (χ3v) is 15.7. The van der Waals surface area contributed by atoms with Gasteiger partial charge in [-0.25, -0.2) is 0 Å². The van der Waals surface area contributed by atoms with E-state index in [2.05, 4.69) is 0 Å². The Morgan fingerprint density at radius 1 is 0.648 bits per heavy atom. The third-order valence-electron chi connectivity index (χ3n) is 15.7. The number of hydroxylamine groups is 6. The van der Waals surface area contributed by atoms with Crippen LogP contribution in [-0.4, -0.2) is 103 Å². The summed E-state index contributed by atoms with van der Waals surface area (Å²) < 4.78 is 11.3. The van der Waals surface area contributed by atoms with Crippen molar-refractivity contribution >= 4 is 11.6 Å². The SMILES string of the molecule is C.C.O=C1CCC2(O)C3Cc4ccc(O)c5c4[C@]2(CC[N@+]3([O-])CC2CC2)C1O5.O=C1CCC2(O)C3Cc4ccc(O)c5c4[C@]2(CC[N@@+]3([O-])CC2CC2)C1O5. The number of carbonyl (C=O) groups is 2. The van der Waals surface area contributed by atoms with Crippen LogP contribution in [0, 0.1) is 22.3 Å². The maximum Gasteiger partial charge on any atom is 0.174 e. The summed E-state index contributed by atoms with van der Waals surface area (Å²) in [5, 5.41) is 72.3. The molecule has 2 aromatic carbocycles. The lowest BCUT2D eigenvalue weighted by atomic mass is 9.49. The lowest BCUT2D eigenvalue weighted by Crippen LogP contribution is -2.80. The van der Waals surface area contributed by atoms with Gasteiger partial charge in [0.2, 0.25) is 0 Å². The van der Waals surface area contributed by atoms with Crippen molar-refractivity contribution in [3.05, 3.63) is 56.9 Å². The fraction of sp³-hybridized carbons (Fsp3) is 0.667. The number of aliphatic hydroxyl groups is 2. The van der Waals surface area contributed by atoms with Gasteiger partial charge in [-0.3, -0.25) is 9.59 Å². The van der Waals surface area contributed by atoms with Crippen molar-refractivity contribution in [3.8, 4) is 23.0 Å². The molecule has 4 bridgehead atoms. The Morgan fingerprint density at radius 3 is 1.41 bits per heavy atom. The zero-order chi connectivity index (χ0) is 35.8. The summed E-state index contributed by atoms with van der Waals surface area (Å²) in [6.45, 7) is 1.96. The number of nitrogens with zero attached hydrogens (tertiary/aromatic N) is 2. The van der Waals surface area contributed by atoms with E-state index in [1.807, 2.05) is 12.1 Å². The van der Waals surface area contributed by atoms with Crippen LogP contribution in [0.2, 0.25) is 0 Å². The highest BCUT2D eigenvalue weighted by atomic mass is 16.6. The molecule has 2 spiro atoms. The Bertz CT molecular complexity index is 1840. The summed E-state index contributed by atoms with van der Waals surface area (Å²) in [7, 11) is 0. The Hall–Kier alpha value is -3.26. The van der Waals surface area contributed by atoms with Crippen LogP contribution in [0.1, 0.15) is 101 Å². The van der Waals surface area contributed by atoms with E-state index >= 15 is 0 Å². The van der Waals surface area contributed by atoms with Crippen LogP contribution >= 0.6 is 0 Å². The van der Waals surface area contributed by atoms with E-state index in [1.54, 1.807) is 12.1 Å². The number of phenolic OH excluding ortho intramolecular Hbond substituents is 2. The van der Waals surface area contributed by atoms with E-state index < -0.39 is 46.3 Å². The van der Waals surface area contributed by atoms with Crippen LogP contribution in [0.25, 0.3) is 0 Å². The van der Waals surface area contributed by atoms with Gasteiger partial charge in [-0.1, -0.05) is 27.0 Å². The number of piperidine rings is 2. The van der Waals surface area contributed by atoms with Crippen molar-refractivity contribution in [2.75, 3.05) is 26.2 Å². The molecule has 12 rings (SSSR count). The van der Waals surface area contributed by atoms with Crippen LogP contribution in [0.4, 0.5) is 0 Å². The van der Waals surface area contributed by atoms with Gasteiger partial charge in [-0.15, -0.1) is 0 Å². The summed E-state index contributed by atoms with van der Waals surface area (Å²) >= 11 is 0. The van der Waals surface area contributed by atoms with Gasteiger partial charge in [0.05, 0.1) is 37.0 Å². The molecule has 4 saturated carbocycles. The molecule has 2 aromatic rings. The second kappa shape index (κ2) is 11.2. The second-order valence-corrected chi connectivity index (χ2v) is 18.2. The molecule has 4 aliphatic heterocycles. The van der Waals surface area contributed by atoms with E-state index in [4.69, 9.17) is 9.47 Å². The highest BCUT2D eigenvalue weighted by Crippen LogP contribution is 2.67. The van der Waals surface area contributed by atoms with Crippen LogP contribution in [-0.2, 0) is 33.3 Å². The summed E-state index contributed by atoms with van der Waals surface area (Å²) in [5.74, 6) is 1.65. The van der Waals surface area contributed by atoms with Gasteiger partial charge in [0.1, 0.15) is 23.3 Å². The lowest BCUT2D eigenvalue weighted by Gasteiger charge is -2.67. The molecule has 2 saturated heterocycles. The number of phenols is 2. The number of rotatable bonds is 4. The number of Topliss-reactive ketones (excluding diaryl/α,β-unsaturated/α-hetero) is 2. The summed E-state index contributed by atoms with van der Waals surface area (Å²) in [6, 6.07) is 5.96. The monoisotopic (exact) mass is 746 g/mol. The minimum absolute atomic E-state index is 0. The number of benzene rings is 2. The van der Waals surface area contributed by atoms with Crippen LogP contribution in [0.15, 0.2) is 24.3 Å². The number of ketones is 2. The second-order valence-electron chi connectivity index (χ2n) is 18.2. The molecule has 0 radical (unpaired) electrons. The van der Waals surface area contributed by atoms with Crippen molar-refractivity contribution in [2.45, 2.75) is 138 Å². The molecule has 0 aromatic heterocycles. The molecule has 292 valence electrons. The maximum absolute atomic E-state index is 13.9. The Kier molecular flexibility index (Phi) is 7.54. The zero-order valence-corrected chi connectivity index (χ0v) is 29.2. The molecule has 10 aliphatic rings. The average molecular weight is 747 g/mol. The normalized spacial score (nSPS) is 43.6. The zero-order valence-electron chi connectivity index (χ0n) is 29.2. The van der Waals surface area contributed by atoms with Crippen molar-refractivity contribution in [1.29, 1.82) is 0 Å². The van der Waals surface area contributed by atoms with Crippen molar-refractivity contribution in [2.24, 2.45) is 11.8 Å². The molecule has 10 atom stereocenters. The number of aromatic hydroxyl groups is 2. The van der Waals surface area contributed by atoms with Gasteiger partial charge in [-0.05, 0) is 61.8 Å². The first-order chi connectivity index (χ1) is 24.8. The quantitative estimate of drug-likeness (QED) is 0.260. The Labute approximate surface area is 316 Å². The molecular weight excluding hydrogens is 692 g/mol. The number of hydrogen-bond acceptors (Lipinski definition) is 10. The van der Waals surface area contributed by atoms with Crippen LogP contribution < -0.4 is 9.47 Å². The fourth-order valence-electron chi connectivity index (χ4n) is 13.1. The number of likely N-dealkylation sites (tertiary alicyclic amines) is 2. The first kappa shape index (κ1) is 36.4. The predicted octanol–water partition coefficient (Wildman–Crippen LogP) is 4.35. The van der Waals surface area contributed by atoms with E-state index in [1.165, 1.54) is 0 Å². The highest BCUT2D eigenvalue weighted by Gasteiger charge is 2.77. The third kappa shape index (κ3) is 4.19. The van der Waals surface area contributed by atoms with Crippen LogP contribution in [0.5, 0.6) is 23.0 Å². The standard InChI is InChI=1S/2C20H23NO5.2CH4/c2*22-13-4-3-12-9-15-20(24)6-5-14(23)18-19(20,16(12)17(13)26-18)7-8-21(15,25)10-11-1-2-11;;/h2*3-4,11,15,18,22,24H,1-2,5-10H2;2*1H4/t15?,18?,19-,20?,21+;15?,18?,19-,20?,21-;;/m11../s1. The van der Waals surface area contributed by atoms with Crippen molar-refractivity contribution in [3.63, 3.8) is 0 Å². The van der Waals surface area contributed by atoms with Gasteiger partial charge < -0.3 is 49.6 Å². The van der Waals surface area contributed by atoms with E-state index in [0.29, 0.717) is 88.0 Å². The molecule has 6 unspecified atom stereocenters.